The second-order valence-corrected chi connectivity index (χ2v) is 6.18. The van der Waals surface area contributed by atoms with Gasteiger partial charge in [-0.3, -0.25) is 19.7 Å². The van der Waals surface area contributed by atoms with Crippen LogP contribution in [0.4, 0.5) is 0 Å². The summed E-state index contributed by atoms with van der Waals surface area (Å²) in [6.07, 6.45) is 1.65. The molecule has 6 nitrogen and oxygen atoms in total. The second kappa shape index (κ2) is 6.16. The molecule has 1 aliphatic heterocycles. The van der Waals surface area contributed by atoms with Crippen LogP contribution in [0.2, 0.25) is 5.02 Å². The monoisotopic (exact) mass is 365 g/mol. The van der Waals surface area contributed by atoms with Gasteiger partial charge in [-0.15, -0.1) is 0 Å². The molecular weight excluding hydrogens is 354 g/mol. The number of nitrogens with one attached hydrogen (secondary N) is 3. The minimum Gasteiger partial charge on any atom is -0.361 e. The molecule has 26 heavy (non-hydrogen) atoms. The molecule has 2 aromatic carbocycles. The quantitative estimate of drug-likeness (QED) is 0.623. The normalized spacial score (nSPS) is 14.0. The molecule has 2 heterocycles. The number of carbonyl (C=O) groups excluding carboxylic acids is 3. The summed E-state index contributed by atoms with van der Waals surface area (Å²) < 4.78 is 0. The lowest BCUT2D eigenvalue weighted by atomic mass is 10.0. The Morgan fingerprint density at radius 3 is 2.46 bits per heavy atom. The first-order valence-electron chi connectivity index (χ1n) is 7.78. The second-order valence-electron chi connectivity index (χ2n) is 5.74. The summed E-state index contributed by atoms with van der Waals surface area (Å²) in [4.78, 5) is 40.1. The van der Waals surface area contributed by atoms with E-state index >= 15 is 0 Å². The molecular formula is C19H12ClN3O3. The smallest absolute Gasteiger partial charge is 0.275 e. The summed E-state index contributed by atoms with van der Waals surface area (Å²) in [5, 5.41) is 6.06. The van der Waals surface area contributed by atoms with Gasteiger partial charge in [0.15, 0.2) is 0 Å². The van der Waals surface area contributed by atoms with Crippen molar-refractivity contribution < 1.29 is 14.4 Å². The Morgan fingerprint density at radius 1 is 0.962 bits per heavy atom. The van der Waals surface area contributed by atoms with Crippen LogP contribution in [0.5, 0.6) is 0 Å². The van der Waals surface area contributed by atoms with Crippen LogP contribution in [0.15, 0.2) is 60.4 Å². The topological polar surface area (TPSA) is 91.1 Å². The van der Waals surface area contributed by atoms with E-state index in [4.69, 9.17) is 11.6 Å². The molecule has 3 N–H and O–H groups in total. The van der Waals surface area contributed by atoms with Gasteiger partial charge < -0.3 is 10.3 Å². The zero-order valence-electron chi connectivity index (χ0n) is 13.3. The van der Waals surface area contributed by atoms with Crippen molar-refractivity contribution in [3.63, 3.8) is 0 Å². The summed E-state index contributed by atoms with van der Waals surface area (Å²) in [6.45, 7) is 0. The lowest BCUT2D eigenvalue weighted by Gasteiger charge is -2.06. The minimum absolute atomic E-state index is 0.0697. The Kier molecular flexibility index (Phi) is 3.82. The molecule has 128 valence electrons. The van der Waals surface area contributed by atoms with E-state index in [-0.39, 0.29) is 11.3 Å². The highest BCUT2D eigenvalue weighted by atomic mass is 35.5. The first kappa shape index (κ1) is 16.1. The van der Waals surface area contributed by atoms with Crippen molar-refractivity contribution in [2.24, 2.45) is 0 Å². The molecule has 0 atom stereocenters. The van der Waals surface area contributed by atoms with Crippen LogP contribution in [0, 0.1) is 0 Å². The summed E-state index contributed by atoms with van der Waals surface area (Å²) >= 11 is 5.82. The Hall–Kier alpha value is -3.38. The SMILES string of the molecule is O=C1NC(=O)C(c2c[nH]c3ccccc23)=C1NC(=O)c1ccc(Cl)cc1. The molecule has 7 heteroatoms. The van der Waals surface area contributed by atoms with Gasteiger partial charge in [-0.25, -0.2) is 0 Å². The third-order valence-corrected chi connectivity index (χ3v) is 4.39. The molecule has 1 aliphatic rings. The van der Waals surface area contributed by atoms with E-state index in [0.717, 1.165) is 10.9 Å². The molecule has 3 aromatic rings. The molecule has 0 fully saturated rings. The predicted octanol–water partition coefficient (Wildman–Crippen LogP) is 2.62. The minimum atomic E-state index is -0.641. The number of hydrogen-bond donors (Lipinski definition) is 3. The summed E-state index contributed by atoms with van der Waals surface area (Å²) in [5.74, 6) is -1.69. The number of imide groups is 1. The molecule has 3 amide bonds. The zero-order valence-corrected chi connectivity index (χ0v) is 14.1. The van der Waals surface area contributed by atoms with Crippen molar-refractivity contribution in [3.05, 3.63) is 76.6 Å². The third kappa shape index (κ3) is 2.66. The number of hydrogen-bond acceptors (Lipinski definition) is 3. The van der Waals surface area contributed by atoms with Gasteiger partial charge in [-0.05, 0) is 30.3 Å². The van der Waals surface area contributed by atoms with Gasteiger partial charge >= 0.3 is 0 Å². The molecule has 0 aliphatic carbocycles. The summed E-state index contributed by atoms with van der Waals surface area (Å²) in [7, 11) is 0. The third-order valence-electron chi connectivity index (χ3n) is 4.13. The highest BCUT2D eigenvalue weighted by Crippen LogP contribution is 2.29. The van der Waals surface area contributed by atoms with Crippen molar-refractivity contribution in [3.8, 4) is 0 Å². The summed E-state index contributed by atoms with van der Waals surface area (Å²) in [5.41, 5.74) is 1.77. The standard InChI is InChI=1S/C19H12ClN3O3/c20-11-7-5-10(6-8-11)17(24)22-16-15(18(25)23-19(16)26)13-9-21-14-4-2-1-3-12(13)14/h1-9,21H,(H2,22,23,24,25,26). The molecule has 1 aromatic heterocycles. The number of amides is 3. The maximum atomic E-state index is 12.5. The largest absolute Gasteiger partial charge is 0.361 e. The highest BCUT2D eigenvalue weighted by Gasteiger charge is 2.33. The number of aromatic nitrogens is 1. The lowest BCUT2D eigenvalue weighted by molar-refractivity contribution is -0.123. The molecule has 4 rings (SSSR count). The lowest BCUT2D eigenvalue weighted by Crippen LogP contribution is -2.30. The Balaban J connectivity index is 1.78. The number of benzene rings is 2. The van der Waals surface area contributed by atoms with Crippen molar-refractivity contribution in [2.45, 2.75) is 0 Å². The first-order chi connectivity index (χ1) is 12.5. The van der Waals surface area contributed by atoms with Gasteiger partial charge in [0.1, 0.15) is 5.70 Å². The molecule has 0 bridgehead atoms. The molecule has 0 radical (unpaired) electrons. The Labute approximate surface area is 152 Å². The van der Waals surface area contributed by atoms with Gasteiger partial charge in [0.25, 0.3) is 17.7 Å². The molecule has 0 spiro atoms. The Bertz CT molecular complexity index is 1100. The van der Waals surface area contributed by atoms with Gasteiger partial charge in [0.2, 0.25) is 0 Å². The maximum absolute atomic E-state index is 12.5. The van der Waals surface area contributed by atoms with Crippen LogP contribution in [-0.2, 0) is 9.59 Å². The first-order valence-corrected chi connectivity index (χ1v) is 8.16. The van der Waals surface area contributed by atoms with Crippen LogP contribution in [0.3, 0.4) is 0 Å². The predicted molar refractivity (Wildman–Crippen MR) is 97.3 cm³/mol. The van der Waals surface area contributed by atoms with Crippen molar-refractivity contribution >= 4 is 45.8 Å². The number of fused-ring (bicyclic) bond motifs is 1. The number of para-hydroxylation sites is 1. The van der Waals surface area contributed by atoms with Crippen LogP contribution in [0.1, 0.15) is 15.9 Å². The fraction of sp³-hybridized carbons (Fsp3) is 0. The average Bonchev–Trinajstić information content (AvgIpc) is 3.16. The van der Waals surface area contributed by atoms with E-state index in [2.05, 4.69) is 15.6 Å². The number of aromatic amines is 1. The van der Waals surface area contributed by atoms with Crippen molar-refractivity contribution in [2.75, 3.05) is 0 Å². The van der Waals surface area contributed by atoms with Gasteiger partial charge in [-0.2, -0.15) is 0 Å². The number of carbonyl (C=O) groups is 3. The van der Waals surface area contributed by atoms with Gasteiger partial charge in [-0.1, -0.05) is 29.8 Å². The van der Waals surface area contributed by atoms with Crippen molar-refractivity contribution in [1.29, 1.82) is 0 Å². The molecule has 0 saturated carbocycles. The molecule has 0 unspecified atom stereocenters. The highest BCUT2D eigenvalue weighted by molar-refractivity contribution is 6.38. The molecule has 0 saturated heterocycles. The summed E-state index contributed by atoms with van der Waals surface area (Å²) in [6, 6.07) is 13.6. The fourth-order valence-electron chi connectivity index (χ4n) is 2.90. The van der Waals surface area contributed by atoms with Crippen molar-refractivity contribution in [1.82, 2.24) is 15.6 Å². The number of halogens is 1. The van der Waals surface area contributed by atoms with E-state index in [9.17, 15) is 14.4 Å². The number of H-pyrrole nitrogens is 1. The van der Waals surface area contributed by atoms with Crippen LogP contribution >= 0.6 is 11.6 Å². The number of rotatable bonds is 3. The van der Waals surface area contributed by atoms with E-state index in [1.165, 1.54) is 12.1 Å². The Morgan fingerprint density at radius 2 is 1.69 bits per heavy atom. The van der Waals surface area contributed by atoms with E-state index in [0.29, 0.717) is 16.1 Å². The zero-order chi connectivity index (χ0) is 18.3. The average molecular weight is 366 g/mol. The van der Waals surface area contributed by atoms with Gasteiger partial charge in [0, 0.05) is 33.2 Å². The van der Waals surface area contributed by atoms with E-state index in [1.807, 2.05) is 24.3 Å². The van der Waals surface area contributed by atoms with E-state index < -0.39 is 17.7 Å². The van der Waals surface area contributed by atoms with E-state index in [1.54, 1.807) is 18.3 Å². The van der Waals surface area contributed by atoms with Gasteiger partial charge in [0.05, 0.1) is 5.57 Å². The fourth-order valence-corrected chi connectivity index (χ4v) is 3.02. The van der Waals surface area contributed by atoms with Crippen LogP contribution in [-0.4, -0.2) is 22.7 Å². The van der Waals surface area contributed by atoms with Crippen LogP contribution < -0.4 is 10.6 Å². The maximum Gasteiger partial charge on any atom is 0.275 e. The van der Waals surface area contributed by atoms with Crippen LogP contribution in [0.25, 0.3) is 16.5 Å².